The molecule has 1 aliphatic rings. The number of nitrogens with one attached hydrogen (secondary N) is 2. The fourth-order valence-electron chi connectivity index (χ4n) is 3.95. The molecule has 0 unspecified atom stereocenters. The quantitative estimate of drug-likeness (QED) is 0.538. The highest BCUT2D eigenvalue weighted by Crippen LogP contribution is 2.30. The second kappa shape index (κ2) is 9.12. The molecule has 0 bridgehead atoms. The normalized spacial score (nSPS) is 12.6. The Balaban J connectivity index is 1.43. The second-order valence-corrected chi connectivity index (χ2v) is 7.72. The van der Waals surface area contributed by atoms with Crippen molar-refractivity contribution in [2.45, 2.75) is 19.8 Å². The van der Waals surface area contributed by atoms with Gasteiger partial charge in [-0.1, -0.05) is 24.3 Å². The van der Waals surface area contributed by atoms with Gasteiger partial charge in [-0.05, 0) is 36.1 Å². The summed E-state index contributed by atoms with van der Waals surface area (Å²) in [6, 6.07) is 15.7. The van der Waals surface area contributed by atoms with Crippen molar-refractivity contribution < 1.29 is 23.9 Å². The van der Waals surface area contributed by atoms with Crippen LogP contribution < -0.4 is 15.4 Å². The Morgan fingerprint density at radius 3 is 2.18 bits per heavy atom. The second-order valence-electron chi connectivity index (χ2n) is 7.72. The Labute approximate surface area is 190 Å². The average Bonchev–Trinajstić information content (AvgIpc) is 2.80. The van der Waals surface area contributed by atoms with Crippen molar-refractivity contribution in [2.24, 2.45) is 0 Å². The van der Waals surface area contributed by atoms with Crippen LogP contribution in [-0.2, 0) is 9.59 Å². The zero-order chi connectivity index (χ0) is 23.5. The molecule has 0 saturated carbocycles. The van der Waals surface area contributed by atoms with Crippen LogP contribution in [0, 0.1) is 0 Å². The fraction of sp³-hybridized carbons (Fsp3) is 0.200. The molecule has 2 N–H and O–H groups in total. The Morgan fingerprint density at radius 2 is 1.58 bits per heavy atom. The van der Waals surface area contributed by atoms with Crippen molar-refractivity contribution in [3.63, 3.8) is 0 Å². The van der Waals surface area contributed by atoms with E-state index in [0.717, 1.165) is 5.39 Å². The van der Waals surface area contributed by atoms with Crippen LogP contribution >= 0.6 is 0 Å². The molecule has 0 saturated heterocycles. The van der Waals surface area contributed by atoms with E-state index >= 15 is 0 Å². The van der Waals surface area contributed by atoms with Gasteiger partial charge in [0.05, 0.1) is 18.5 Å². The first-order valence-electron chi connectivity index (χ1n) is 10.5. The molecule has 8 nitrogen and oxygen atoms in total. The molecule has 0 aromatic heterocycles. The van der Waals surface area contributed by atoms with Crippen molar-refractivity contribution in [3.05, 3.63) is 65.7 Å². The van der Waals surface area contributed by atoms with E-state index in [1.807, 2.05) is 12.1 Å². The largest absolute Gasteiger partial charge is 0.497 e. The molecule has 3 aromatic carbocycles. The fourth-order valence-corrected chi connectivity index (χ4v) is 3.95. The molecule has 0 atom stereocenters. The van der Waals surface area contributed by atoms with Gasteiger partial charge in [0.25, 0.3) is 11.8 Å². The summed E-state index contributed by atoms with van der Waals surface area (Å²) in [7, 11) is 1.50. The summed E-state index contributed by atoms with van der Waals surface area (Å²) in [5.41, 5.74) is 1.83. The van der Waals surface area contributed by atoms with Crippen LogP contribution in [0.2, 0.25) is 0 Å². The average molecular weight is 445 g/mol. The summed E-state index contributed by atoms with van der Waals surface area (Å²) < 4.78 is 5.19. The predicted molar refractivity (Wildman–Crippen MR) is 124 cm³/mol. The van der Waals surface area contributed by atoms with Crippen LogP contribution in [0.1, 0.15) is 40.5 Å². The molecular formula is C25H23N3O5. The Kier molecular flexibility index (Phi) is 6.08. The Morgan fingerprint density at radius 1 is 0.909 bits per heavy atom. The first kappa shape index (κ1) is 22.0. The van der Waals surface area contributed by atoms with E-state index < -0.39 is 0 Å². The lowest BCUT2D eigenvalue weighted by Crippen LogP contribution is -2.41. The van der Waals surface area contributed by atoms with E-state index in [-0.39, 0.29) is 36.6 Å². The molecule has 4 rings (SSSR count). The van der Waals surface area contributed by atoms with Crippen LogP contribution in [0.15, 0.2) is 54.6 Å². The summed E-state index contributed by atoms with van der Waals surface area (Å²) in [6.45, 7) is 1.49. The number of hydrogen-bond donors (Lipinski definition) is 2. The Hall–Kier alpha value is -4.20. The van der Waals surface area contributed by atoms with E-state index in [1.54, 1.807) is 42.5 Å². The zero-order valence-corrected chi connectivity index (χ0v) is 18.3. The minimum absolute atomic E-state index is 0.0830. The van der Waals surface area contributed by atoms with Crippen molar-refractivity contribution in [2.75, 3.05) is 24.3 Å². The molecule has 8 heteroatoms. The lowest BCUT2D eigenvalue weighted by Gasteiger charge is -2.27. The number of hydrogen-bond acceptors (Lipinski definition) is 5. The van der Waals surface area contributed by atoms with Gasteiger partial charge in [0, 0.05) is 42.5 Å². The molecule has 0 fully saturated rings. The number of amides is 4. The van der Waals surface area contributed by atoms with E-state index in [9.17, 15) is 19.2 Å². The lowest BCUT2D eigenvalue weighted by atomic mass is 9.94. The monoisotopic (exact) mass is 445 g/mol. The van der Waals surface area contributed by atoms with Crippen LogP contribution in [0.25, 0.3) is 10.8 Å². The van der Waals surface area contributed by atoms with E-state index in [1.165, 1.54) is 18.9 Å². The third kappa shape index (κ3) is 4.41. The van der Waals surface area contributed by atoms with Gasteiger partial charge < -0.3 is 15.4 Å². The summed E-state index contributed by atoms with van der Waals surface area (Å²) in [5, 5.41) is 6.94. The van der Waals surface area contributed by atoms with Crippen molar-refractivity contribution >= 4 is 45.8 Å². The first-order valence-corrected chi connectivity index (χ1v) is 10.5. The SMILES string of the molecule is COc1ccc(NC(C)=O)c(NC(=O)CCCN2C(=O)c3cccc4cccc(c34)C2=O)c1. The number of benzene rings is 3. The highest BCUT2D eigenvalue weighted by atomic mass is 16.5. The van der Waals surface area contributed by atoms with E-state index in [2.05, 4.69) is 10.6 Å². The highest BCUT2D eigenvalue weighted by Gasteiger charge is 2.32. The minimum atomic E-state index is -0.356. The maximum absolute atomic E-state index is 12.9. The molecule has 0 radical (unpaired) electrons. The summed E-state index contributed by atoms with van der Waals surface area (Å²) in [5.74, 6) is -0.769. The smallest absolute Gasteiger partial charge is 0.261 e. The summed E-state index contributed by atoms with van der Waals surface area (Å²) in [4.78, 5) is 51.1. The number of nitrogens with zero attached hydrogens (tertiary/aromatic N) is 1. The van der Waals surface area contributed by atoms with Gasteiger partial charge in [0.15, 0.2) is 0 Å². The Bertz CT molecular complexity index is 1230. The number of anilines is 2. The van der Waals surface area contributed by atoms with Crippen LogP contribution in [0.5, 0.6) is 5.75 Å². The molecule has 168 valence electrons. The van der Waals surface area contributed by atoms with Gasteiger partial charge >= 0.3 is 0 Å². The molecule has 1 heterocycles. The predicted octanol–water partition coefficient (Wildman–Crippen LogP) is 3.82. The number of carbonyl (C=O) groups is 4. The molecule has 3 aromatic rings. The molecule has 1 aliphatic heterocycles. The molecule has 33 heavy (non-hydrogen) atoms. The summed E-state index contributed by atoms with van der Waals surface area (Å²) in [6.07, 6.45) is 0.376. The van der Waals surface area contributed by atoms with Crippen molar-refractivity contribution in [1.29, 1.82) is 0 Å². The van der Waals surface area contributed by atoms with E-state index in [4.69, 9.17) is 4.74 Å². The number of imide groups is 1. The number of carbonyl (C=O) groups excluding carboxylic acids is 4. The van der Waals surface area contributed by atoms with Crippen LogP contribution in [0.3, 0.4) is 0 Å². The first-order chi connectivity index (χ1) is 15.9. The lowest BCUT2D eigenvalue weighted by molar-refractivity contribution is -0.116. The van der Waals surface area contributed by atoms with Gasteiger partial charge in [-0.2, -0.15) is 0 Å². The van der Waals surface area contributed by atoms with Crippen LogP contribution in [0.4, 0.5) is 11.4 Å². The van der Waals surface area contributed by atoms with Gasteiger partial charge in [-0.15, -0.1) is 0 Å². The molecule has 0 spiro atoms. The van der Waals surface area contributed by atoms with Crippen LogP contribution in [-0.4, -0.2) is 42.2 Å². The zero-order valence-electron chi connectivity index (χ0n) is 18.3. The third-order valence-corrected chi connectivity index (χ3v) is 5.45. The van der Waals surface area contributed by atoms with Gasteiger partial charge in [0.2, 0.25) is 11.8 Å². The third-order valence-electron chi connectivity index (χ3n) is 5.45. The molecular weight excluding hydrogens is 422 g/mol. The maximum atomic E-state index is 12.9. The number of ether oxygens (including phenoxy) is 1. The van der Waals surface area contributed by atoms with Gasteiger partial charge in [-0.25, -0.2) is 0 Å². The topological polar surface area (TPSA) is 105 Å². The van der Waals surface area contributed by atoms with E-state index in [0.29, 0.717) is 40.1 Å². The highest BCUT2D eigenvalue weighted by molar-refractivity contribution is 6.25. The molecule has 4 amide bonds. The standard InChI is InChI=1S/C25H23N3O5/c1-15(29)26-20-12-11-17(33-2)14-21(20)27-22(30)10-5-13-28-24(31)18-8-3-6-16-7-4-9-19(23(16)18)25(28)32/h3-4,6-9,11-12,14H,5,10,13H2,1-2H3,(H,26,29)(H,27,30). The van der Waals surface area contributed by atoms with Gasteiger partial charge in [0.1, 0.15) is 5.75 Å². The van der Waals surface area contributed by atoms with Gasteiger partial charge in [-0.3, -0.25) is 24.1 Å². The maximum Gasteiger partial charge on any atom is 0.261 e. The van der Waals surface area contributed by atoms with Crippen molar-refractivity contribution in [3.8, 4) is 5.75 Å². The number of rotatable bonds is 7. The minimum Gasteiger partial charge on any atom is -0.497 e. The van der Waals surface area contributed by atoms with Crippen molar-refractivity contribution in [1.82, 2.24) is 4.90 Å². The number of methoxy groups -OCH3 is 1. The summed E-state index contributed by atoms with van der Waals surface area (Å²) >= 11 is 0. The molecule has 0 aliphatic carbocycles.